The highest BCUT2D eigenvalue weighted by atomic mass is 32.2. The van der Waals surface area contributed by atoms with Crippen molar-refractivity contribution < 1.29 is 22.4 Å². The van der Waals surface area contributed by atoms with Gasteiger partial charge in [0.1, 0.15) is 5.76 Å². The van der Waals surface area contributed by atoms with Gasteiger partial charge in [-0.1, -0.05) is 18.2 Å². The van der Waals surface area contributed by atoms with Crippen molar-refractivity contribution >= 4 is 21.8 Å². The molecule has 0 aliphatic carbocycles. The van der Waals surface area contributed by atoms with Crippen molar-refractivity contribution in [3.8, 4) is 0 Å². The van der Waals surface area contributed by atoms with Gasteiger partial charge in [0.25, 0.3) is 0 Å². The molecule has 1 atom stereocenters. The number of piperidine rings is 1. The standard InChI is InChI=1S/C19H23N3O5S/c23-18(20-12-16-7-5-11-27-16)13-21-19(24)15-6-4-10-22(14-15)28(25,26)17-8-2-1-3-9-17/h1-3,5,7-9,11,15H,4,6,10,12-14H2,(H,20,23)(H,21,24)/t15-/m0/s1. The van der Waals surface area contributed by atoms with Crippen LogP contribution in [0.4, 0.5) is 0 Å². The van der Waals surface area contributed by atoms with Gasteiger partial charge in [-0.05, 0) is 37.1 Å². The zero-order valence-corrected chi connectivity index (χ0v) is 16.2. The minimum absolute atomic E-state index is 0.108. The quantitative estimate of drug-likeness (QED) is 0.717. The van der Waals surface area contributed by atoms with Gasteiger partial charge in [0.15, 0.2) is 0 Å². The summed E-state index contributed by atoms with van der Waals surface area (Å²) in [5, 5.41) is 5.24. The Bertz CT molecular complexity index is 897. The number of nitrogens with zero attached hydrogens (tertiary/aromatic N) is 1. The van der Waals surface area contributed by atoms with E-state index in [1.54, 1.807) is 42.5 Å². The Hall–Kier alpha value is -2.65. The number of hydrogen-bond acceptors (Lipinski definition) is 5. The zero-order chi connectivity index (χ0) is 20.0. The number of furan rings is 1. The molecule has 9 heteroatoms. The Labute approximate surface area is 164 Å². The van der Waals surface area contributed by atoms with E-state index in [0.717, 1.165) is 0 Å². The molecule has 2 aromatic rings. The van der Waals surface area contributed by atoms with Crippen molar-refractivity contribution in [2.75, 3.05) is 19.6 Å². The Morgan fingerprint density at radius 1 is 1.11 bits per heavy atom. The molecule has 1 aromatic carbocycles. The number of carbonyl (C=O) groups is 2. The highest BCUT2D eigenvalue weighted by Gasteiger charge is 2.33. The molecule has 0 spiro atoms. The summed E-state index contributed by atoms with van der Waals surface area (Å²) in [4.78, 5) is 24.5. The molecule has 1 fully saturated rings. The second kappa shape index (κ2) is 9.03. The molecule has 2 heterocycles. The van der Waals surface area contributed by atoms with Gasteiger partial charge >= 0.3 is 0 Å². The second-order valence-electron chi connectivity index (χ2n) is 6.59. The summed E-state index contributed by atoms with van der Waals surface area (Å²) in [6.45, 7) is 0.567. The molecule has 0 unspecified atom stereocenters. The third-order valence-electron chi connectivity index (χ3n) is 4.60. The minimum Gasteiger partial charge on any atom is -0.467 e. The fraction of sp³-hybridized carbons (Fsp3) is 0.368. The van der Waals surface area contributed by atoms with E-state index in [9.17, 15) is 18.0 Å². The summed E-state index contributed by atoms with van der Waals surface area (Å²) in [6.07, 6.45) is 2.69. The Kier molecular flexibility index (Phi) is 6.48. The van der Waals surface area contributed by atoms with Crippen LogP contribution < -0.4 is 10.6 Å². The first kappa shape index (κ1) is 20.1. The maximum Gasteiger partial charge on any atom is 0.243 e. The van der Waals surface area contributed by atoms with Crippen molar-refractivity contribution in [2.45, 2.75) is 24.3 Å². The fourth-order valence-electron chi connectivity index (χ4n) is 3.09. The number of carbonyl (C=O) groups excluding carboxylic acids is 2. The van der Waals surface area contributed by atoms with Crippen LogP contribution in [-0.4, -0.2) is 44.2 Å². The van der Waals surface area contributed by atoms with Crippen molar-refractivity contribution in [1.29, 1.82) is 0 Å². The van der Waals surface area contributed by atoms with Crippen LogP contribution in [-0.2, 0) is 26.2 Å². The highest BCUT2D eigenvalue weighted by molar-refractivity contribution is 7.89. The van der Waals surface area contributed by atoms with Gasteiger partial charge in [-0.15, -0.1) is 0 Å². The molecule has 2 N–H and O–H groups in total. The van der Waals surface area contributed by atoms with E-state index >= 15 is 0 Å². The summed E-state index contributed by atoms with van der Waals surface area (Å²) in [5.41, 5.74) is 0. The smallest absolute Gasteiger partial charge is 0.243 e. The van der Waals surface area contributed by atoms with E-state index in [0.29, 0.717) is 25.1 Å². The first-order valence-electron chi connectivity index (χ1n) is 9.09. The summed E-state index contributed by atoms with van der Waals surface area (Å²) < 4.78 is 31.9. The molecule has 1 aromatic heterocycles. The normalized spacial score (nSPS) is 17.8. The van der Waals surface area contributed by atoms with E-state index in [-0.39, 0.29) is 36.3 Å². The lowest BCUT2D eigenvalue weighted by molar-refractivity contribution is -0.129. The Morgan fingerprint density at radius 2 is 1.89 bits per heavy atom. The van der Waals surface area contributed by atoms with Crippen LogP contribution >= 0.6 is 0 Å². The maximum absolute atomic E-state index is 12.7. The van der Waals surface area contributed by atoms with E-state index in [1.807, 2.05) is 0 Å². The third kappa shape index (κ3) is 4.99. The third-order valence-corrected chi connectivity index (χ3v) is 6.48. The number of sulfonamides is 1. The first-order valence-corrected chi connectivity index (χ1v) is 10.5. The largest absolute Gasteiger partial charge is 0.467 e. The van der Waals surface area contributed by atoms with E-state index in [2.05, 4.69) is 10.6 Å². The van der Waals surface area contributed by atoms with Gasteiger partial charge in [0, 0.05) is 13.1 Å². The Morgan fingerprint density at radius 3 is 2.61 bits per heavy atom. The number of hydrogen-bond donors (Lipinski definition) is 2. The average Bonchev–Trinajstić information content (AvgIpc) is 3.25. The van der Waals surface area contributed by atoms with Gasteiger partial charge in [-0.2, -0.15) is 4.31 Å². The summed E-state index contributed by atoms with van der Waals surface area (Å²) in [7, 11) is -3.63. The van der Waals surface area contributed by atoms with Gasteiger partial charge < -0.3 is 15.1 Å². The molecular formula is C19H23N3O5S. The lowest BCUT2D eigenvalue weighted by Gasteiger charge is -2.31. The van der Waals surface area contributed by atoms with Crippen LogP contribution in [0.3, 0.4) is 0 Å². The molecule has 28 heavy (non-hydrogen) atoms. The summed E-state index contributed by atoms with van der Waals surface area (Å²) in [6, 6.07) is 11.6. The fourth-order valence-corrected chi connectivity index (χ4v) is 4.63. The molecule has 1 saturated heterocycles. The molecule has 2 amide bonds. The van der Waals surface area contributed by atoms with Crippen LogP contribution in [0, 0.1) is 5.92 Å². The topological polar surface area (TPSA) is 109 Å². The highest BCUT2D eigenvalue weighted by Crippen LogP contribution is 2.23. The molecule has 1 aliphatic rings. The minimum atomic E-state index is -3.63. The molecule has 0 radical (unpaired) electrons. The predicted molar refractivity (Wildman–Crippen MR) is 101 cm³/mol. The van der Waals surface area contributed by atoms with Crippen LogP contribution in [0.1, 0.15) is 18.6 Å². The summed E-state index contributed by atoms with van der Waals surface area (Å²) >= 11 is 0. The van der Waals surface area contributed by atoms with Crippen molar-refractivity contribution in [3.05, 3.63) is 54.5 Å². The van der Waals surface area contributed by atoms with Gasteiger partial charge in [-0.25, -0.2) is 8.42 Å². The van der Waals surface area contributed by atoms with Crippen LogP contribution in [0.25, 0.3) is 0 Å². The van der Waals surface area contributed by atoms with Crippen LogP contribution in [0.2, 0.25) is 0 Å². The monoisotopic (exact) mass is 405 g/mol. The van der Waals surface area contributed by atoms with Gasteiger partial charge in [-0.3, -0.25) is 9.59 Å². The lowest BCUT2D eigenvalue weighted by Crippen LogP contribution is -2.47. The zero-order valence-electron chi connectivity index (χ0n) is 15.3. The molecular weight excluding hydrogens is 382 g/mol. The second-order valence-corrected chi connectivity index (χ2v) is 8.53. The van der Waals surface area contributed by atoms with Crippen LogP contribution in [0.15, 0.2) is 58.0 Å². The summed E-state index contributed by atoms with van der Waals surface area (Å²) in [5.74, 6) is -0.519. The van der Waals surface area contributed by atoms with Crippen molar-refractivity contribution in [1.82, 2.24) is 14.9 Å². The molecule has 3 rings (SSSR count). The molecule has 0 saturated carbocycles. The van der Waals surface area contributed by atoms with E-state index in [4.69, 9.17) is 4.42 Å². The van der Waals surface area contributed by atoms with E-state index in [1.165, 1.54) is 10.6 Å². The molecule has 150 valence electrons. The number of benzene rings is 1. The predicted octanol–water partition coefficient (Wildman–Crippen LogP) is 1.11. The molecule has 1 aliphatic heterocycles. The van der Waals surface area contributed by atoms with Gasteiger partial charge in [0.2, 0.25) is 21.8 Å². The van der Waals surface area contributed by atoms with Gasteiger partial charge in [0.05, 0.1) is 30.2 Å². The number of rotatable bonds is 7. The number of nitrogens with one attached hydrogen (secondary N) is 2. The van der Waals surface area contributed by atoms with Crippen molar-refractivity contribution in [2.24, 2.45) is 5.92 Å². The lowest BCUT2D eigenvalue weighted by atomic mass is 9.99. The Balaban J connectivity index is 1.51. The number of amides is 2. The van der Waals surface area contributed by atoms with Crippen molar-refractivity contribution in [3.63, 3.8) is 0 Å². The average molecular weight is 405 g/mol. The maximum atomic E-state index is 12.7. The van der Waals surface area contributed by atoms with Crippen LogP contribution in [0.5, 0.6) is 0 Å². The first-order chi connectivity index (χ1) is 13.5. The SMILES string of the molecule is O=C(CNC(=O)[C@H]1CCCN(S(=O)(=O)c2ccccc2)C1)NCc1ccco1. The molecule has 0 bridgehead atoms. The molecule has 8 nitrogen and oxygen atoms in total. The van der Waals surface area contributed by atoms with E-state index < -0.39 is 15.9 Å².